The van der Waals surface area contributed by atoms with Crippen molar-refractivity contribution < 1.29 is 0 Å². The fourth-order valence-corrected chi connectivity index (χ4v) is 3.14. The Balaban J connectivity index is 2.42. The zero-order valence-corrected chi connectivity index (χ0v) is 11.9. The maximum atomic E-state index is 4.60. The summed E-state index contributed by atoms with van der Waals surface area (Å²) in [6.07, 6.45) is 2.35. The van der Waals surface area contributed by atoms with E-state index >= 15 is 0 Å². The number of hydrogen-bond donors (Lipinski definition) is 1. The summed E-state index contributed by atoms with van der Waals surface area (Å²) in [5, 5.41) is 4.76. The Morgan fingerprint density at radius 3 is 2.50 bits per heavy atom. The molecule has 0 fully saturated rings. The average molecular weight is 240 g/mol. The molecule has 0 saturated carbocycles. The third-order valence-electron chi connectivity index (χ3n) is 2.90. The van der Waals surface area contributed by atoms with E-state index < -0.39 is 0 Å². The molecule has 2 nitrogen and oxygen atoms in total. The van der Waals surface area contributed by atoms with Crippen molar-refractivity contribution in [2.75, 3.05) is 6.54 Å². The highest BCUT2D eigenvalue weighted by molar-refractivity contribution is 7.11. The predicted molar refractivity (Wildman–Crippen MR) is 72.2 cm³/mol. The topological polar surface area (TPSA) is 24.9 Å². The van der Waals surface area contributed by atoms with Gasteiger partial charge in [-0.05, 0) is 39.7 Å². The van der Waals surface area contributed by atoms with E-state index in [0.29, 0.717) is 12.0 Å². The van der Waals surface area contributed by atoms with Crippen LogP contribution < -0.4 is 5.32 Å². The van der Waals surface area contributed by atoms with Gasteiger partial charge in [0.05, 0.1) is 10.7 Å². The van der Waals surface area contributed by atoms with E-state index in [9.17, 15) is 0 Å². The summed E-state index contributed by atoms with van der Waals surface area (Å²) in [7, 11) is 0. The molecule has 1 heterocycles. The molecular formula is C13H24N2S. The quantitative estimate of drug-likeness (QED) is 0.825. The molecular weight excluding hydrogens is 216 g/mol. The molecule has 92 valence electrons. The molecule has 0 aliphatic heterocycles. The molecule has 2 unspecified atom stereocenters. The normalized spacial score (nSPS) is 15.1. The Bertz CT molecular complexity index is 300. The summed E-state index contributed by atoms with van der Waals surface area (Å²) in [5.41, 5.74) is 1.20. The molecule has 0 aliphatic carbocycles. The lowest BCUT2D eigenvalue weighted by Crippen LogP contribution is -2.27. The Morgan fingerprint density at radius 2 is 2.00 bits per heavy atom. The lowest BCUT2D eigenvalue weighted by molar-refractivity contribution is 0.426. The largest absolute Gasteiger partial charge is 0.315 e. The molecule has 0 bridgehead atoms. The minimum Gasteiger partial charge on any atom is -0.315 e. The fourth-order valence-electron chi connectivity index (χ4n) is 2.04. The van der Waals surface area contributed by atoms with Crippen LogP contribution in [0, 0.1) is 19.8 Å². The summed E-state index contributed by atoms with van der Waals surface area (Å²) in [5.74, 6) is 0.707. The van der Waals surface area contributed by atoms with Crippen molar-refractivity contribution in [3.63, 3.8) is 0 Å². The molecule has 1 aromatic heterocycles. The van der Waals surface area contributed by atoms with Gasteiger partial charge in [0.25, 0.3) is 0 Å². The summed E-state index contributed by atoms with van der Waals surface area (Å²) in [4.78, 5) is 5.96. The highest BCUT2D eigenvalue weighted by Crippen LogP contribution is 2.21. The molecule has 16 heavy (non-hydrogen) atoms. The number of aromatic nitrogens is 1. The molecule has 1 aromatic rings. The Labute approximate surface area is 103 Å². The van der Waals surface area contributed by atoms with E-state index in [1.165, 1.54) is 22.0 Å². The lowest BCUT2D eigenvalue weighted by Gasteiger charge is -2.16. The van der Waals surface area contributed by atoms with Crippen LogP contribution in [0.4, 0.5) is 0 Å². The molecule has 3 heteroatoms. The summed E-state index contributed by atoms with van der Waals surface area (Å²) >= 11 is 1.85. The zero-order valence-electron chi connectivity index (χ0n) is 11.1. The van der Waals surface area contributed by atoms with Crippen molar-refractivity contribution in [1.82, 2.24) is 10.3 Å². The van der Waals surface area contributed by atoms with Crippen LogP contribution in [-0.2, 0) is 6.42 Å². The number of rotatable bonds is 6. The van der Waals surface area contributed by atoms with E-state index in [1.54, 1.807) is 0 Å². The van der Waals surface area contributed by atoms with E-state index in [1.807, 2.05) is 11.3 Å². The third-order valence-corrected chi connectivity index (χ3v) is 4.00. The second kappa shape index (κ2) is 6.36. The van der Waals surface area contributed by atoms with Crippen LogP contribution in [0.2, 0.25) is 0 Å². The highest BCUT2D eigenvalue weighted by Gasteiger charge is 2.11. The van der Waals surface area contributed by atoms with Gasteiger partial charge in [0.15, 0.2) is 0 Å². The van der Waals surface area contributed by atoms with Gasteiger partial charge in [-0.1, -0.05) is 13.8 Å². The third kappa shape index (κ3) is 4.22. The van der Waals surface area contributed by atoms with Crippen LogP contribution in [0.1, 0.15) is 42.8 Å². The van der Waals surface area contributed by atoms with Crippen LogP contribution >= 0.6 is 11.3 Å². The van der Waals surface area contributed by atoms with Crippen molar-refractivity contribution in [2.24, 2.45) is 5.92 Å². The van der Waals surface area contributed by atoms with E-state index in [2.05, 4.69) is 44.9 Å². The lowest BCUT2D eigenvalue weighted by atomic mass is 10.00. The summed E-state index contributed by atoms with van der Waals surface area (Å²) in [6, 6.07) is 0.613. The first-order valence-corrected chi connectivity index (χ1v) is 7.00. The maximum absolute atomic E-state index is 4.60. The molecule has 1 N–H and O–H groups in total. The molecule has 0 radical (unpaired) electrons. The Morgan fingerprint density at radius 1 is 1.31 bits per heavy atom. The molecule has 0 saturated heterocycles. The van der Waals surface area contributed by atoms with Gasteiger partial charge in [0.2, 0.25) is 0 Å². The molecule has 0 amide bonds. The fraction of sp³-hybridized carbons (Fsp3) is 0.769. The number of nitrogens with one attached hydrogen (secondary N) is 1. The second-order valence-electron chi connectivity index (χ2n) is 4.75. The van der Waals surface area contributed by atoms with Crippen molar-refractivity contribution in [2.45, 2.75) is 53.5 Å². The number of thiazole rings is 1. The summed E-state index contributed by atoms with van der Waals surface area (Å²) < 4.78 is 0. The zero-order chi connectivity index (χ0) is 12.1. The van der Waals surface area contributed by atoms with Gasteiger partial charge in [-0.2, -0.15) is 0 Å². The highest BCUT2D eigenvalue weighted by atomic mass is 32.1. The van der Waals surface area contributed by atoms with Gasteiger partial charge in [-0.15, -0.1) is 11.3 Å². The first kappa shape index (κ1) is 13.7. The first-order valence-electron chi connectivity index (χ1n) is 6.19. The molecule has 1 rings (SSSR count). The number of hydrogen-bond acceptors (Lipinski definition) is 3. The number of nitrogens with zero attached hydrogens (tertiary/aromatic N) is 1. The van der Waals surface area contributed by atoms with Crippen LogP contribution in [0.3, 0.4) is 0 Å². The van der Waals surface area contributed by atoms with Crippen LogP contribution in [0.15, 0.2) is 0 Å². The van der Waals surface area contributed by atoms with Crippen LogP contribution in [-0.4, -0.2) is 17.6 Å². The van der Waals surface area contributed by atoms with Crippen molar-refractivity contribution >= 4 is 11.3 Å². The van der Waals surface area contributed by atoms with E-state index in [-0.39, 0.29) is 0 Å². The number of aryl methyl sites for hydroxylation is 2. The maximum Gasteiger partial charge on any atom is 0.0933 e. The van der Waals surface area contributed by atoms with Gasteiger partial charge < -0.3 is 5.32 Å². The SMILES string of the molecule is CCNC(C)CC(C)Cc1nc(C)c(C)s1. The summed E-state index contributed by atoms with van der Waals surface area (Å²) in [6.45, 7) is 12.1. The first-order chi connectivity index (χ1) is 7.52. The molecule has 0 spiro atoms. The van der Waals surface area contributed by atoms with Crippen LogP contribution in [0.5, 0.6) is 0 Å². The van der Waals surface area contributed by atoms with Gasteiger partial charge in [-0.3, -0.25) is 0 Å². The average Bonchev–Trinajstić information content (AvgIpc) is 2.45. The van der Waals surface area contributed by atoms with Crippen LogP contribution in [0.25, 0.3) is 0 Å². The van der Waals surface area contributed by atoms with Gasteiger partial charge >= 0.3 is 0 Å². The minimum absolute atomic E-state index is 0.613. The van der Waals surface area contributed by atoms with E-state index in [0.717, 1.165) is 13.0 Å². The van der Waals surface area contributed by atoms with Gasteiger partial charge in [0.1, 0.15) is 0 Å². The predicted octanol–water partition coefficient (Wildman–Crippen LogP) is 3.33. The Kier molecular flexibility index (Phi) is 5.42. The monoisotopic (exact) mass is 240 g/mol. The molecule has 0 aromatic carbocycles. The Hall–Kier alpha value is -0.410. The van der Waals surface area contributed by atoms with Crippen molar-refractivity contribution in [3.05, 3.63) is 15.6 Å². The minimum atomic E-state index is 0.613. The van der Waals surface area contributed by atoms with Crippen molar-refractivity contribution in [3.8, 4) is 0 Å². The molecule has 0 aliphatic rings. The second-order valence-corrected chi connectivity index (χ2v) is 6.04. The van der Waals surface area contributed by atoms with E-state index in [4.69, 9.17) is 0 Å². The molecule has 2 atom stereocenters. The van der Waals surface area contributed by atoms with Gasteiger partial charge in [0, 0.05) is 17.3 Å². The van der Waals surface area contributed by atoms with Crippen molar-refractivity contribution in [1.29, 1.82) is 0 Å². The standard InChI is InChI=1S/C13H24N2S/c1-6-14-10(3)7-9(2)8-13-15-11(4)12(5)16-13/h9-10,14H,6-8H2,1-5H3. The smallest absolute Gasteiger partial charge is 0.0933 e. The van der Waals surface area contributed by atoms with Gasteiger partial charge in [-0.25, -0.2) is 4.98 Å².